The third kappa shape index (κ3) is 5.25. The van der Waals surface area contributed by atoms with E-state index in [1.807, 2.05) is 12.1 Å². The highest BCUT2D eigenvalue weighted by atomic mass is 16.5. The first-order valence-electron chi connectivity index (χ1n) is 9.84. The summed E-state index contributed by atoms with van der Waals surface area (Å²) in [6.07, 6.45) is 8.00. The first kappa shape index (κ1) is 18.8. The molecular weight excluding hydrogens is 322 g/mol. The van der Waals surface area contributed by atoms with Crippen molar-refractivity contribution in [3.63, 3.8) is 0 Å². The lowest BCUT2D eigenvalue weighted by atomic mass is 10.1. The van der Waals surface area contributed by atoms with Gasteiger partial charge in [-0.05, 0) is 31.4 Å². The maximum atomic E-state index is 6.20. The largest absolute Gasteiger partial charge is 0.493 e. The summed E-state index contributed by atoms with van der Waals surface area (Å²) in [5.41, 5.74) is 3.60. The Hall–Kier alpha value is -2.00. The Morgan fingerprint density at radius 3 is 2.50 bits per heavy atom. The number of hydrogen-bond acceptors (Lipinski definition) is 3. The van der Waals surface area contributed by atoms with Crippen LogP contribution in [0.15, 0.2) is 42.5 Å². The summed E-state index contributed by atoms with van der Waals surface area (Å²) in [5.74, 6) is 1.66. The number of rotatable bonds is 7. The summed E-state index contributed by atoms with van der Waals surface area (Å²) in [4.78, 5) is 0. The van der Waals surface area contributed by atoms with Crippen LogP contribution in [0.4, 0.5) is 0 Å². The average Bonchev–Trinajstić information content (AvgIpc) is 2.93. The number of para-hydroxylation sites is 1. The van der Waals surface area contributed by atoms with Crippen molar-refractivity contribution >= 4 is 0 Å². The molecule has 2 aromatic rings. The Morgan fingerprint density at radius 2 is 1.77 bits per heavy atom. The monoisotopic (exact) mass is 353 g/mol. The zero-order valence-corrected chi connectivity index (χ0v) is 16.1. The number of methoxy groups -OCH3 is 1. The number of ether oxygens (including phenoxy) is 2. The lowest BCUT2D eigenvalue weighted by molar-refractivity contribution is 0.280. The molecule has 140 valence electrons. The molecule has 3 heteroatoms. The third-order valence-corrected chi connectivity index (χ3v) is 5.18. The van der Waals surface area contributed by atoms with Crippen molar-refractivity contribution < 1.29 is 9.47 Å². The molecule has 1 N–H and O–H groups in total. The van der Waals surface area contributed by atoms with E-state index in [9.17, 15) is 0 Å². The molecule has 1 fully saturated rings. The molecule has 0 amide bonds. The van der Waals surface area contributed by atoms with E-state index in [0.29, 0.717) is 12.6 Å². The first-order valence-corrected chi connectivity index (χ1v) is 9.84. The van der Waals surface area contributed by atoms with Gasteiger partial charge in [0.25, 0.3) is 0 Å². The minimum atomic E-state index is 0.554. The molecule has 0 unspecified atom stereocenters. The maximum Gasteiger partial charge on any atom is 0.166 e. The molecule has 3 nitrogen and oxygen atoms in total. The molecule has 0 saturated heterocycles. The molecule has 3 rings (SSSR count). The van der Waals surface area contributed by atoms with Crippen molar-refractivity contribution in [2.45, 2.75) is 64.6 Å². The number of hydrogen-bond donors (Lipinski definition) is 1. The fraction of sp³-hybridized carbons (Fsp3) is 0.478. The molecule has 1 aliphatic rings. The molecule has 1 saturated carbocycles. The molecule has 0 heterocycles. The lowest BCUT2D eigenvalue weighted by Crippen LogP contribution is -2.28. The van der Waals surface area contributed by atoms with Crippen molar-refractivity contribution in [2.24, 2.45) is 0 Å². The summed E-state index contributed by atoms with van der Waals surface area (Å²) >= 11 is 0. The zero-order valence-electron chi connectivity index (χ0n) is 16.1. The lowest BCUT2D eigenvalue weighted by Gasteiger charge is -2.19. The molecule has 0 spiro atoms. The summed E-state index contributed by atoms with van der Waals surface area (Å²) < 4.78 is 11.8. The van der Waals surface area contributed by atoms with E-state index in [1.165, 1.54) is 55.2 Å². The van der Waals surface area contributed by atoms with Crippen LogP contribution in [-0.2, 0) is 13.2 Å². The van der Waals surface area contributed by atoms with Gasteiger partial charge in [-0.25, -0.2) is 0 Å². The highest BCUT2D eigenvalue weighted by molar-refractivity contribution is 5.46. The molecule has 2 aromatic carbocycles. The first-order chi connectivity index (χ1) is 12.8. The van der Waals surface area contributed by atoms with Gasteiger partial charge < -0.3 is 14.8 Å². The zero-order chi connectivity index (χ0) is 18.2. The average molecular weight is 354 g/mol. The molecule has 0 aromatic heterocycles. The summed E-state index contributed by atoms with van der Waals surface area (Å²) in [6.45, 7) is 3.48. The van der Waals surface area contributed by atoms with Gasteiger partial charge in [-0.3, -0.25) is 0 Å². The van der Waals surface area contributed by atoms with Crippen LogP contribution < -0.4 is 14.8 Å². The van der Waals surface area contributed by atoms with Gasteiger partial charge in [0.05, 0.1) is 7.11 Å². The molecule has 0 atom stereocenters. The Balaban J connectivity index is 1.68. The normalized spacial score (nSPS) is 15.5. The Kier molecular flexibility index (Phi) is 6.96. The summed E-state index contributed by atoms with van der Waals surface area (Å²) in [6, 6.07) is 15.2. The Morgan fingerprint density at radius 1 is 1.00 bits per heavy atom. The van der Waals surface area contributed by atoms with Crippen LogP contribution in [0.1, 0.15) is 55.2 Å². The van der Waals surface area contributed by atoms with Crippen LogP contribution in [0, 0.1) is 6.92 Å². The van der Waals surface area contributed by atoms with Crippen molar-refractivity contribution in [2.75, 3.05) is 7.11 Å². The van der Waals surface area contributed by atoms with Gasteiger partial charge in [0.15, 0.2) is 11.5 Å². The molecule has 0 radical (unpaired) electrons. The van der Waals surface area contributed by atoms with Gasteiger partial charge in [-0.15, -0.1) is 0 Å². The Bertz CT molecular complexity index is 690. The van der Waals surface area contributed by atoms with Crippen LogP contribution >= 0.6 is 0 Å². The molecule has 1 aliphatic carbocycles. The second-order valence-corrected chi connectivity index (χ2v) is 7.30. The SMILES string of the molecule is COc1cccc(CNC2CCCCCC2)c1OCc1cccc(C)c1. The second kappa shape index (κ2) is 9.63. The third-order valence-electron chi connectivity index (χ3n) is 5.18. The van der Waals surface area contributed by atoms with Gasteiger partial charge in [0.2, 0.25) is 0 Å². The van der Waals surface area contributed by atoms with E-state index in [-0.39, 0.29) is 0 Å². The second-order valence-electron chi connectivity index (χ2n) is 7.30. The van der Waals surface area contributed by atoms with E-state index < -0.39 is 0 Å². The highest BCUT2D eigenvalue weighted by Gasteiger charge is 2.15. The maximum absolute atomic E-state index is 6.20. The highest BCUT2D eigenvalue weighted by Crippen LogP contribution is 2.32. The number of aryl methyl sites for hydroxylation is 1. The van der Waals surface area contributed by atoms with Crippen LogP contribution in [0.5, 0.6) is 11.5 Å². The predicted octanol–water partition coefficient (Wildman–Crippen LogP) is 5.40. The van der Waals surface area contributed by atoms with E-state index >= 15 is 0 Å². The van der Waals surface area contributed by atoms with Gasteiger partial charge in [-0.1, -0.05) is 67.6 Å². The van der Waals surface area contributed by atoms with Gasteiger partial charge in [-0.2, -0.15) is 0 Å². The topological polar surface area (TPSA) is 30.5 Å². The van der Waals surface area contributed by atoms with Crippen LogP contribution in [-0.4, -0.2) is 13.2 Å². The van der Waals surface area contributed by atoms with Crippen molar-refractivity contribution in [1.29, 1.82) is 0 Å². The molecular formula is C23H31NO2. The summed E-state index contributed by atoms with van der Waals surface area (Å²) in [7, 11) is 1.71. The Labute approximate surface area is 157 Å². The quantitative estimate of drug-likeness (QED) is 0.677. The summed E-state index contributed by atoms with van der Waals surface area (Å²) in [5, 5.41) is 3.74. The van der Waals surface area contributed by atoms with E-state index in [4.69, 9.17) is 9.47 Å². The molecule has 26 heavy (non-hydrogen) atoms. The van der Waals surface area contributed by atoms with E-state index in [2.05, 4.69) is 42.6 Å². The number of nitrogens with one attached hydrogen (secondary N) is 1. The molecule has 0 aliphatic heterocycles. The van der Waals surface area contributed by atoms with Crippen molar-refractivity contribution in [3.8, 4) is 11.5 Å². The molecule has 0 bridgehead atoms. The minimum Gasteiger partial charge on any atom is -0.493 e. The van der Waals surface area contributed by atoms with E-state index in [0.717, 1.165) is 18.0 Å². The van der Waals surface area contributed by atoms with Gasteiger partial charge >= 0.3 is 0 Å². The predicted molar refractivity (Wildman–Crippen MR) is 107 cm³/mol. The van der Waals surface area contributed by atoms with Crippen LogP contribution in [0.3, 0.4) is 0 Å². The smallest absolute Gasteiger partial charge is 0.166 e. The van der Waals surface area contributed by atoms with Gasteiger partial charge in [0.1, 0.15) is 6.61 Å². The van der Waals surface area contributed by atoms with E-state index in [1.54, 1.807) is 7.11 Å². The van der Waals surface area contributed by atoms with Crippen LogP contribution in [0.25, 0.3) is 0 Å². The van der Waals surface area contributed by atoms with Crippen molar-refractivity contribution in [3.05, 3.63) is 59.2 Å². The minimum absolute atomic E-state index is 0.554. The fourth-order valence-corrected chi connectivity index (χ4v) is 3.72. The fourth-order valence-electron chi connectivity index (χ4n) is 3.72. The van der Waals surface area contributed by atoms with Crippen LogP contribution in [0.2, 0.25) is 0 Å². The number of benzene rings is 2. The van der Waals surface area contributed by atoms with Gasteiger partial charge in [0, 0.05) is 18.2 Å². The van der Waals surface area contributed by atoms with Crippen molar-refractivity contribution in [1.82, 2.24) is 5.32 Å². The standard InChI is InChI=1S/C23H31NO2/c1-18-9-7-10-19(15-18)17-26-23-20(11-8-14-22(23)25-2)16-24-21-12-5-3-4-6-13-21/h7-11,14-15,21,24H,3-6,12-13,16-17H2,1-2H3.